The number of aromatic nitrogens is 2. The molecule has 0 fully saturated rings. The van der Waals surface area contributed by atoms with Crippen LogP contribution in [0.4, 0.5) is 4.39 Å². The lowest BCUT2D eigenvalue weighted by molar-refractivity contribution is 0.379. The summed E-state index contributed by atoms with van der Waals surface area (Å²) in [5.74, 6) is -0.221. The smallest absolute Gasteiger partial charge is 0.316 e. The van der Waals surface area contributed by atoms with E-state index in [0.29, 0.717) is 11.3 Å². The van der Waals surface area contributed by atoms with Gasteiger partial charge in [-0.2, -0.15) is 4.98 Å². The number of methoxy groups -OCH3 is 2. The SMILES string of the molecule is COc1nc(C)cc(-c2ccc(OC)c(F)c2)n1. The zero-order chi connectivity index (χ0) is 13.1. The number of nitrogens with zero attached hydrogens (tertiary/aromatic N) is 2. The minimum Gasteiger partial charge on any atom is -0.494 e. The predicted molar refractivity (Wildman–Crippen MR) is 65.3 cm³/mol. The highest BCUT2D eigenvalue weighted by Gasteiger charge is 2.08. The maximum Gasteiger partial charge on any atom is 0.316 e. The Hall–Kier alpha value is -2.17. The number of ether oxygens (including phenoxy) is 2. The summed E-state index contributed by atoms with van der Waals surface area (Å²) in [6.45, 7) is 1.83. The van der Waals surface area contributed by atoms with E-state index in [1.54, 1.807) is 18.2 Å². The monoisotopic (exact) mass is 248 g/mol. The van der Waals surface area contributed by atoms with Gasteiger partial charge in [-0.05, 0) is 31.2 Å². The second-order valence-electron chi connectivity index (χ2n) is 3.73. The molecule has 18 heavy (non-hydrogen) atoms. The van der Waals surface area contributed by atoms with Crippen molar-refractivity contribution >= 4 is 0 Å². The molecule has 0 radical (unpaired) electrons. The molecule has 1 heterocycles. The number of hydrogen-bond donors (Lipinski definition) is 0. The predicted octanol–water partition coefficient (Wildman–Crippen LogP) is 2.61. The zero-order valence-corrected chi connectivity index (χ0v) is 10.4. The molecule has 0 atom stereocenters. The minimum absolute atomic E-state index is 0.205. The molecule has 0 spiro atoms. The highest BCUT2D eigenvalue weighted by atomic mass is 19.1. The van der Waals surface area contributed by atoms with Crippen molar-refractivity contribution in [2.75, 3.05) is 14.2 Å². The van der Waals surface area contributed by atoms with Crippen LogP contribution >= 0.6 is 0 Å². The van der Waals surface area contributed by atoms with Gasteiger partial charge in [-0.3, -0.25) is 0 Å². The summed E-state index contributed by atoms with van der Waals surface area (Å²) in [5.41, 5.74) is 2.02. The first-order valence-electron chi connectivity index (χ1n) is 5.37. The van der Waals surface area contributed by atoms with Crippen LogP contribution in [0.15, 0.2) is 24.3 Å². The summed E-state index contributed by atoms with van der Waals surface area (Å²) < 4.78 is 23.5. The summed E-state index contributed by atoms with van der Waals surface area (Å²) in [4.78, 5) is 8.26. The van der Waals surface area contributed by atoms with E-state index in [4.69, 9.17) is 9.47 Å². The van der Waals surface area contributed by atoms with E-state index in [2.05, 4.69) is 9.97 Å². The molecule has 2 aromatic rings. The third-order valence-corrected chi connectivity index (χ3v) is 2.46. The lowest BCUT2D eigenvalue weighted by Crippen LogP contribution is -1.96. The molecule has 0 unspecified atom stereocenters. The molecule has 0 bridgehead atoms. The van der Waals surface area contributed by atoms with E-state index in [1.807, 2.05) is 6.92 Å². The van der Waals surface area contributed by atoms with Gasteiger partial charge >= 0.3 is 6.01 Å². The lowest BCUT2D eigenvalue weighted by atomic mass is 10.1. The van der Waals surface area contributed by atoms with Crippen molar-refractivity contribution in [3.05, 3.63) is 35.8 Å². The largest absolute Gasteiger partial charge is 0.494 e. The highest BCUT2D eigenvalue weighted by molar-refractivity contribution is 5.61. The zero-order valence-electron chi connectivity index (χ0n) is 10.4. The molecule has 5 heteroatoms. The Labute approximate surface area is 104 Å². The molecule has 0 aliphatic heterocycles. The van der Waals surface area contributed by atoms with Gasteiger partial charge in [0.1, 0.15) is 0 Å². The van der Waals surface area contributed by atoms with E-state index in [0.717, 1.165) is 5.69 Å². The van der Waals surface area contributed by atoms with Gasteiger partial charge in [-0.15, -0.1) is 0 Å². The Balaban J connectivity index is 2.48. The summed E-state index contributed by atoms with van der Waals surface area (Å²) in [6, 6.07) is 6.71. The van der Waals surface area contributed by atoms with Crippen molar-refractivity contribution in [3.8, 4) is 23.0 Å². The molecule has 2 rings (SSSR count). The van der Waals surface area contributed by atoms with Crippen LogP contribution in [0, 0.1) is 12.7 Å². The number of halogens is 1. The van der Waals surface area contributed by atoms with Crippen LogP contribution in [-0.4, -0.2) is 24.2 Å². The van der Waals surface area contributed by atoms with Crippen LogP contribution in [0.25, 0.3) is 11.3 Å². The van der Waals surface area contributed by atoms with Crippen molar-refractivity contribution in [2.45, 2.75) is 6.92 Å². The van der Waals surface area contributed by atoms with Crippen LogP contribution < -0.4 is 9.47 Å². The van der Waals surface area contributed by atoms with Gasteiger partial charge in [-0.25, -0.2) is 9.37 Å². The Morgan fingerprint density at radius 2 is 1.83 bits per heavy atom. The highest BCUT2D eigenvalue weighted by Crippen LogP contribution is 2.25. The van der Waals surface area contributed by atoms with Crippen LogP contribution in [0.3, 0.4) is 0 Å². The second kappa shape index (κ2) is 5.00. The summed E-state index contributed by atoms with van der Waals surface area (Å²) >= 11 is 0. The molecule has 0 saturated carbocycles. The number of aryl methyl sites for hydroxylation is 1. The van der Waals surface area contributed by atoms with Crippen molar-refractivity contribution < 1.29 is 13.9 Å². The summed E-state index contributed by atoms with van der Waals surface area (Å²) in [6.07, 6.45) is 0. The third-order valence-electron chi connectivity index (χ3n) is 2.46. The fourth-order valence-corrected chi connectivity index (χ4v) is 1.61. The van der Waals surface area contributed by atoms with Crippen molar-refractivity contribution in [1.29, 1.82) is 0 Å². The van der Waals surface area contributed by atoms with Gasteiger partial charge in [0.15, 0.2) is 11.6 Å². The second-order valence-corrected chi connectivity index (χ2v) is 3.73. The normalized spacial score (nSPS) is 10.2. The van der Waals surface area contributed by atoms with E-state index < -0.39 is 5.82 Å². The van der Waals surface area contributed by atoms with E-state index in [-0.39, 0.29) is 11.8 Å². The third kappa shape index (κ3) is 2.40. The molecule has 0 N–H and O–H groups in total. The number of rotatable bonds is 3. The van der Waals surface area contributed by atoms with E-state index in [9.17, 15) is 4.39 Å². The van der Waals surface area contributed by atoms with Crippen LogP contribution in [0.1, 0.15) is 5.69 Å². The summed E-state index contributed by atoms with van der Waals surface area (Å²) in [5, 5.41) is 0. The average molecular weight is 248 g/mol. The van der Waals surface area contributed by atoms with Crippen LogP contribution in [0.2, 0.25) is 0 Å². The molecular weight excluding hydrogens is 235 g/mol. The van der Waals surface area contributed by atoms with Crippen LogP contribution in [0.5, 0.6) is 11.8 Å². The van der Waals surface area contributed by atoms with Gasteiger partial charge in [-0.1, -0.05) is 0 Å². The Morgan fingerprint density at radius 3 is 2.44 bits per heavy atom. The first-order valence-corrected chi connectivity index (χ1v) is 5.37. The van der Waals surface area contributed by atoms with Gasteiger partial charge in [0.25, 0.3) is 0 Å². The molecular formula is C13H13FN2O2. The van der Waals surface area contributed by atoms with Crippen molar-refractivity contribution in [1.82, 2.24) is 9.97 Å². The molecule has 0 aliphatic rings. The Morgan fingerprint density at radius 1 is 1.06 bits per heavy atom. The Bertz CT molecular complexity index is 573. The minimum atomic E-state index is -0.426. The lowest BCUT2D eigenvalue weighted by Gasteiger charge is -2.07. The van der Waals surface area contributed by atoms with Gasteiger partial charge < -0.3 is 9.47 Å². The van der Waals surface area contributed by atoms with Crippen LogP contribution in [-0.2, 0) is 0 Å². The summed E-state index contributed by atoms with van der Waals surface area (Å²) in [7, 11) is 2.92. The Kier molecular flexibility index (Phi) is 3.41. The standard InChI is InChI=1S/C13H13FN2O2/c1-8-6-11(16-13(15-8)18-3)9-4-5-12(17-2)10(14)7-9/h4-7H,1-3H3. The first kappa shape index (κ1) is 12.3. The fourth-order valence-electron chi connectivity index (χ4n) is 1.61. The van der Waals surface area contributed by atoms with Gasteiger partial charge in [0, 0.05) is 11.3 Å². The fraction of sp³-hybridized carbons (Fsp3) is 0.231. The topological polar surface area (TPSA) is 44.2 Å². The molecule has 0 saturated heterocycles. The molecule has 0 amide bonds. The number of hydrogen-bond acceptors (Lipinski definition) is 4. The van der Waals surface area contributed by atoms with Crippen molar-refractivity contribution in [3.63, 3.8) is 0 Å². The van der Waals surface area contributed by atoms with Crippen molar-refractivity contribution in [2.24, 2.45) is 0 Å². The quantitative estimate of drug-likeness (QED) is 0.837. The van der Waals surface area contributed by atoms with E-state index >= 15 is 0 Å². The molecule has 0 aliphatic carbocycles. The molecule has 1 aromatic carbocycles. The first-order chi connectivity index (χ1) is 8.63. The van der Waals surface area contributed by atoms with Gasteiger partial charge in [0.05, 0.1) is 19.9 Å². The maximum absolute atomic E-state index is 13.6. The average Bonchev–Trinajstić information content (AvgIpc) is 2.37. The maximum atomic E-state index is 13.6. The molecule has 4 nitrogen and oxygen atoms in total. The molecule has 94 valence electrons. The number of benzene rings is 1. The van der Waals surface area contributed by atoms with Gasteiger partial charge in [0.2, 0.25) is 0 Å². The molecule has 1 aromatic heterocycles. The van der Waals surface area contributed by atoms with E-state index in [1.165, 1.54) is 20.3 Å².